The highest BCUT2D eigenvalue weighted by molar-refractivity contribution is 5.70. The number of allylic oxidation sites excluding steroid dienone is 8. The van der Waals surface area contributed by atoms with Crippen LogP contribution in [0.15, 0.2) is 48.6 Å². The number of unbranched alkanes of at least 4 members (excludes halogenated alkanes) is 19. The first-order valence-corrected chi connectivity index (χ1v) is 26.2. The number of aliphatic hydroxyl groups excluding tert-OH is 7. The van der Waals surface area contributed by atoms with Gasteiger partial charge in [0.25, 0.3) is 0 Å². The lowest BCUT2D eigenvalue weighted by atomic mass is 9.98. The maximum Gasteiger partial charge on any atom is 0.306 e. The first-order valence-electron chi connectivity index (χ1n) is 26.2. The molecule has 0 spiro atoms. The molecule has 0 aromatic heterocycles. The van der Waals surface area contributed by atoms with Gasteiger partial charge in [-0.05, 0) is 70.6 Å². The number of esters is 2. The molecule has 0 aliphatic carbocycles. The van der Waals surface area contributed by atoms with E-state index in [9.17, 15) is 45.3 Å². The number of hydrogen-bond acceptors (Lipinski definition) is 15. The van der Waals surface area contributed by atoms with Crippen LogP contribution in [0.2, 0.25) is 0 Å². The maximum absolute atomic E-state index is 13.0. The monoisotopic (exact) mass is 969 g/mol. The fourth-order valence-corrected chi connectivity index (χ4v) is 7.94. The molecule has 2 saturated heterocycles. The van der Waals surface area contributed by atoms with Crippen molar-refractivity contribution in [1.82, 2.24) is 0 Å². The van der Waals surface area contributed by atoms with Crippen molar-refractivity contribution >= 4 is 11.9 Å². The van der Waals surface area contributed by atoms with Crippen molar-refractivity contribution in [3.63, 3.8) is 0 Å². The highest BCUT2D eigenvalue weighted by Crippen LogP contribution is 2.26. The zero-order valence-electron chi connectivity index (χ0n) is 41.6. The lowest BCUT2D eigenvalue weighted by Gasteiger charge is -2.42. The van der Waals surface area contributed by atoms with E-state index in [0.717, 1.165) is 96.3 Å². The van der Waals surface area contributed by atoms with Crippen LogP contribution in [-0.4, -0.2) is 142 Å². The van der Waals surface area contributed by atoms with Crippen LogP contribution in [0.4, 0.5) is 0 Å². The summed E-state index contributed by atoms with van der Waals surface area (Å²) in [5.74, 6) is -0.952. The molecule has 0 aromatic carbocycles. The van der Waals surface area contributed by atoms with Crippen molar-refractivity contribution in [3.8, 4) is 0 Å². The maximum atomic E-state index is 13.0. The van der Waals surface area contributed by atoms with Crippen molar-refractivity contribution < 1.29 is 73.8 Å². The Hall–Kier alpha value is -2.54. The summed E-state index contributed by atoms with van der Waals surface area (Å²) in [5.41, 5.74) is 0. The van der Waals surface area contributed by atoms with Crippen molar-refractivity contribution in [2.24, 2.45) is 0 Å². The Kier molecular flexibility index (Phi) is 36.3. The first-order chi connectivity index (χ1) is 33.0. The van der Waals surface area contributed by atoms with Gasteiger partial charge >= 0.3 is 11.9 Å². The largest absolute Gasteiger partial charge is 0.462 e. The van der Waals surface area contributed by atoms with Crippen LogP contribution in [0.1, 0.15) is 181 Å². The molecule has 0 bridgehead atoms. The summed E-state index contributed by atoms with van der Waals surface area (Å²) in [6, 6.07) is 0. The van der Waals surface area contributed by atoms with Gasteiger partial charge in [-0.15, -0.1) is 0 Å². The molecule has 0 saturated carbocycles. The topological polar surface area (TPSA) is 231 Å². The Morgan fingerprint density at radius 1 is 0.485 bits per heavy atom. The molecule has 2 aliphatic heterocycles. The molecular formula is C53H92O15. The number of rotatable bonds is 40. The zero-order chi connectivity index (χ0) is 49.6. The fourth-order valence-electron chi connectivity index (χ4n) is 7.94. The number of ether oxygens (including phenoxy) is 6. The molecular weight excluding hydrogens is 877 g/mol. The second kappa shape index (κ2) is 40.1. The first kappa shape index (κ1) is 61.6. The summed E-state index contributed by atoms with van der Waals surface area (Å²) in [6.45, 7) is 2.52. The molecule has 2 rings (SSSR count). The smallest absolute Gasteiger partial charge is 0.306 e. The lowest BCUT2D eigenvalue weighted by Crippen LogP contribution is -2.61. The summed E-state index contributed by atoms with van der Waals surface area (Å²) < 4.78 is 33.6. The highest BCUT2D eigenvalue weighted by atomic mass is 16.7. The van der Waals surface area contributed by atoms with E-state index in [4.69, 9.17) is 28.4 Å². The van der Waals surface area contributed by atoms with Gasteiger partial charge in [-0.1, -0.05) is 146 Å². The molecule has 68 heavy (non-hydrogen) atoms. The van der Waals surface area contributed by atoms with Crippen LogP contribution in [-0.2, 0) is 38.0 Å². The molecule has 394 valence electrons. The standard InChI is InChI=1S/C53H92O15/c1-3-5-7-9-11-13-15-17-19-20-22-24-26-28-30-32-34-36-45(56)66-41(38-63-44(55)35-33-31-29-27-25-23-21-18-16-14-12-10-8-6-4-2)39-64-52-51(62)49(60)47(58)43(68-52)40-65-53-50(61)48(59)46(57)42(37-54)67-53/h11,13-14,16-19,21,41-43,46-54,57-62H,3-10,12,15,20,22-40H2,1-2H3/b13-11+,16-14+,19-17+,21-18+/t41-,42+,43+,46-,47-,48?,49?,50?,51?,52+,53+/m1/s1. The van der Waals surface area contributed by atoms with Crippen molar-refractivity contribution in [1.29, 1.82) is 0 Å². The predicted octanol–water partition coefficient (Wildman–Crippen LogP) is 7.49. The van der Waals surface area contributed by atoms with Crippen LogP contribution in [0.5, 0.6) is 0 Å². The van der Waals surface area contributed by atoms with Gasteiger partial charge in [0.1, 0.15) is 55.4 Å². The molecule has 0 amide bonds. The fraction of sp³-hybridized carbons (Fsp3) is 0.811. The van der Waals surface area contributed by atoms with Crippen LogP contribution in [0, 0.1) is 0 Å². The zero-order valence-corrected chi connectivity index (χ0v) is 41.6. The molecule has 2 heterocycles. The van der Waals surface area contributed by atoms with Gasteiger partial charge < -0.3 is 64.2 Å². The quantitative estimate of drug-likeness (QED) is 0.0137. The minimum atomic E-state index is -1.77. The summed E-state index contributed by atoms with van der Waals surface area (Å²) in [5, 5.41) is 72.1. The van der Waals surface area contributed by atoms with Crippen LogP contribution in [0.3, 0.4) is 0 Å². The van der Waals surface area contributed by atoms with E-state index in [-0.39, 0.29) is 19.4 Å². The number of aliphatic hydroxyl groups is 7. The summed E-state index contributed by atoms with van der Waals surface area (Å²) in [7, 11) is 0. The number of hydrogen-bond donors (Lipinski definition) is 7. The SMILES string of the molecule is CCCCC/C=C/C/C=C/CCCCCCCCCC(=O)O[C@H](COC(=O)CCCCCCC/C=C/C=C/CCCCCC)CO[C@H]1O[C@@H](CO[C@H]2O[C@@H](CO)[C@@H](O)C(O)C2O)[C@@H](O)C(O)C1O. The predicted molar refractivity (Wildman–Crippen MR) is 261 cm³/mol. The van der Waals surface area contributed by atoms with Gasteiger partial charge in [0, 0.05) is 12.8 Å². The number of carbonyl (C=O) groups is 2. The third kappa shape index (κ3) is 27.7. The molecule has 2 aliphatic rings. The molecule has 0 aromatic rings. The average molecular weight is 969 g/mol. The Morgan fingerprint density at radius 3 is 1.49 bits per heavy atom. The Morgan fingerprint density at radius 2 is 0.926 bits per heavy atom. The van der Waals surface area contributed by atoms with Crippen LogP contribution < -0.4 is 0 Å². The van der Waals surface area contributed by atoms with Crippen molar-refractivity contribution in [3.05, 3.63) is 48.6 Å². The average Bonchev–Trinajstić information content (AvgIpc) is 3.33. The minimum absolute atomic E-state index is 0.152. The minimum Gasteiger partial charge on any atom is -0.462 e. The molecule has 4 unspecified atom stereocenters. The molecule has 7 N–H and O–H groups in total. The second-order valence-electron chi connectivity index (χ2n) is 18.4. The summed E-state index contributed by atoms with van der Waals surface area (Å²) >= 11 is 0. The van der Waals surface area contributed by atoms with Gasteiger partial charge in [-0.2, -0.15) is 0 Å². The number of carbonyl (C=O) groups excluding carboxylic acids is 2. The molecule has 2 fully saturated rings. The highest BCUT2D eigenvalue weighted by Gasteiger charge is 2.47. The van der Waals surface area contributed by atoms with Crippen LogP contribution >= 0.6 is 0 Å². The van der Waals surface area contributed by atoms with E-state index in [2.05, 4.69) is 62.5 Å². The Bertz CT molecular complexity index is 1370. The third-order valence-electron chi connectivity index (χ3n) is 12.3. The van der Waals surface area contributed by atoms with Gasteiger partial charge in [0.15, 0.2) is 18.7 Å². The van der Waals surface area contributed by atoms with Gasteiger partial charge in [0.05, 0.1) is 19.8 Å². The third-order valence-corrected chi connectivity index (χ3v) is 12.3. The summed E-state index contributed by atoms with van der Waals surface area (Å²) in [6.07, 6.45) is 27.0. The van der Waals surface area contributed by atoms with Crippen molar-refractivity contribution in [2.45, 2.75) is 248 Å². The summed E-state index contributed by atoms with van der Waals surface area (Å²) in [4.78, 5) is 25.8. The molecule has 15 heteroatoms. The molecule has 0 radical (unpaired) electrons. The lowest BCUT2D eigenvalue weighted by molar-refractivity contribution is -0.332. The van der Waals surface area contributed by atoms with Crippen molar-refractivity contribution in [2.75, 3.05) is 26.4 Å². The van der Waals surface area contributed by atoms with E-state index in [1.807, 2.05) is 0 Å². The molecule has 11 atom stereocenters. The van der Waals surface area contributed by atoms with E-state index in [1.165, 1.54) is 44.9 Å². The Labute approximate surface area is 408 Å². The van der Waals surface area contributed by atoms with E-state index in [1.54, 1.807) is 0 Å². The van der Waals surface area contributed by atoms with E-state index < -0.39 is 99.3 Å². The van der Waals surface area contributed by atoms with Gasteiger partial charge in [-0.25, -0.2) is 0 Å². The molecule has 15 nitrogen and oxygen atoms in total. The van der Waals surface area contributed by atoms with Gasteiger partial charge in [0.2, 0.25) is 0 Å². The second-order valence-corrected chi connectivity index (χ2v) is 18.4. The van der Waals surface area contributed by atoms with Gasteiger partial charge in [-0.3, -0.25) is 9.59 Å². The van der Waals surface area contributed by atoms with E-state index >= 15 is 0 Å². The normalized spacial score (nSPS) is 26.1. The van der Waals surface area contributed by atoms with Crippen LogP contribution in [0.25, 0.3) is 0 Å². The van der Waals surface area contributed by atoms with E-state index in [0.29, 0.717) is 12.8 Å². The Balaban J connectivity index is 1.82.